The van der Waals surface area contributed by atoms with Crippen LogP contribution in [0.4, 0.5) is 5.69 Å². The Morgan fingerprint density at radius 2 is 2.00 bits per heavy atom. The summed E-state index contributed by atoms with van der Waals surface area (Å²) in [6.07, 6.45) is -0.711. The van der Waals surface area contributed by atoms with Crippen molar-refractivity contribution in [1.82, 2.24) is 0 Å². The lowest BCUT2D eigenvalue weighted by atomic mass is 10.0. The lowest BCUT2D eigenvalue weighted by molar-refractivity contribution is 0.00707. The van der Waals surface area contributed by atoms with Crippen molar-refractivity contribution in [2.24, 2.45) is 0 Å². The van der Waals surface area contributed by atoms with E-state index in [1.807, 2.05) is 0 Å². The molecule has 4 heteroatoms. The first-order chi connectivity index (χ1) is 7.72. The first-order valence-electron chi connectivity index (χ1n) is 5.52. The minimum absolute atomic E-state index is 0.275. The number of nitrogen functional groups attached to an aromatic ring is 1. The highest BCUT2D eigenvalue weighted by Gasteiger charge is 2.21. The van der Waals surface area contributed by atoms with Gasteiger partial charge in [-0.3, -0.25) is 0 Å². The fourth-order valence-corrected chi connectivity index (χ4v) is 1.46. The number of ether oxygens (including phenoxy) is 1. The zero-order chi connectivity index (χ0) is 13.2. The van der Waals surface area contributed by atoms with E-state index in [0.717, 1.165) is 0 Å². The summed E-state index contributed by atoms with van der Waals surface area (Å²) in [7, 11) is 0. The van der Waals surface area contributed by atoms with Crippen LogP contribution < -0.4 is 5.73 Å². The molecule has 0 aliphatic carbocycles. The summed E-state index contributed by atoms with van der Waals surface area (Å²) in [5, 5.41) is 9.51. The highest BCUT2D eigenvalue weighted by atomic mass is 16.6. The summed E-state index contributed by atoms with van der Waals surface area (Å²) in [6, 6.07) is 4.96. The van der Waals surface area contributed by atoms with E-state index in [-0.39, 0.29) is 5.69 Å². The molecule has 3 N–H and O–H groups in total. The van der Waals surface area contributed by atoms with Gasteiger partial charge in [-0.2, -0.15) is 0 Å². The quantitative estimate of drug-likeness (QED) is 0.611. The van der Waals surface area contributed by atoms with Crippen LogP contribution in [0.1, 0.15) is 49.7 Å². The molecule has 4 nitrogen and oxygen atoms in total. The Morgan fingerprint density at radius 3 is 2.47 bits per heavy atom. The molecule has 0 amide bonds. The van der Waals surface area contributed by atoms with Crippen molar-refractivity contribution in [2.75, 3.05) is 5.73 Å². The predicted octanol–water partition coefficient (Wildman–Crippen LogP) is 2.28. The molecule has 17 heavy (non-hydrogen) atoms. The minimum atomic E-state index is -0.711. The van der Waals surface area contributed by atoms with Gasteiger partial charge in [0.15, 0.2) is 0 Å². The van der Waals surface area contributed by atoms with Crippen LogP contribution in [0.2, 0.25) is 0 Å². The van der Waals surface area contributed by atoms with Gasteiger partial charge in [0.2, 0.25) is 0 Å². The number of carbonyl (C=O) groups is 1. The Morgan fingerprint density at radius 1 is 1.41 bits per heavy atom. The molecule has 1 aromatic rings. The molecule has 0 aliphatic heterocycles. The van der Waals surface area contributed by atoms with Gasteiger partial charge >= 0.3 is 5.97 Å². The van der Waals surface area contributed by atoms with Gasteiger partial charge in [0.25, 0.3) is 0 Å². The molecule has 0 saturated heterocycles. The molecule has 0 aliphatic rings. The smallest absolute Gasteiger partial charge is 0.340 e. The molecule has 0 unspecified atom stereocenters. The molecule has 94 valence electrons. The van der Waals surface area contributed by atoms with Crippen LogP contribution in [0, 0.1) is 0 Å². The van der Waals surface area contributed by atoms with Crippen LogP contribution >= 0.6 is 0 Å². The van der Waals surface area contributed by atoms with Crippen LogP contribution in [0.5, 0.6) is 0 Å². The number of benzene rings is 1. The molecule has 0 bridgehead atoms. The maximum atomic E-state index is 11.9. The molecule has 0 spiro atoms. The summed E-state index contributed by atoms with van der Waals surface area (Å²) in [5.74, 6) is -0.475. The molecule has 0 aromatic heterocycles. The third-order valence-electron chi connectivity index (χ3n) is 2.21. The van der Waals surface area contributed by atoms with Gasteiger partial charge in [-0.15, -0.1) is 0 Å². The number of hydrogen-bond donors (Lipinski definition) is 2. The third kappa shape index (κ3) is 3.46. The SMILES string of the molecule is C[C@@H](O)c1cccc(C(=O)OC(C)(C)C)c1N. The Labute approximate surface area is 101 Å². The van der Waals surface area contributed by atoms with Crippen LogP contribution in [-0.2, 0) is 4.74 Å². The van der Waals surface area contributed by atoms with Crippen molar-refractivity contribution in [3.05, 3.63) is 29.3 Å². The van der Waals surface area contributed by atoms with Gasteiger partial charge in [0.05, 0.1) is 17.4 Å². The molecule has 0 radical (unpaired) electrons. The van der Waals surface area contributed by atoms with Crippen LogP contribution in [0.15, 0.2) is 18.2 Å². The second-order valence-corrected chi connectivity index (χ2v) is 4.99. The Bertz CT molecular complexity index is 419. The lowest BCUT2D eigenvalue weighted by Gasteiger charge is -2.20. The number of carbonyl (C=O) groups excluding carboxylic acids is 1. The number of esters is 1. The Kier molecular flexibility index (Phi) is 3.78. The van der Waals surface area contributed by atoms with Crippen molar-refractivity contribution >= 4 is 11.7 Å². The largest absolute Gasteiger partial charge is 0.456 e. The minimum Gasteiger partial charge on any atom is -0.456 e. The van der Waals surface area contributed by atoms with E-state index in [1.54, 1.807) is 45.9 Å². The van der Waals surface area contributed by atoms with Gasteiger partial charge in [-0.1, -0.05) is 12.1 Å². The van der Waals surface area contributed by atoms with Crippen molar-refractivity contribution in [3.63, 3.8) is 0 Å². The van der Waals surface area contributed by atoms with E-state index >= 15 is 0 Å². The second kappa shape index (κ2) is 4.75. The number of hydrogen-bond acceptors (Lipinski definition) is 4. The van der Waals surface area contributed by atoms with E-state index in [1.165, 1.54) is 0 Å². The molecule has 0 saturated carbocycles. The average molecular weight is 237 g/mol. The van der Waals surface area contributed by atoms with Crippen molar-refractivity contribution in [3.8, 4) is 0 Å². The second-order valence-electron chi connectivity index (χ2n) is 4.99. The summed E-state index contributed by atoms with van der Waals surface area (Å²) < 4.78 is 5.24. The summed E-state index contributed by atoms with van der Waals surface area (Å²) in [4.78, 5) is 11.9. The molecule has 1 aromatic carbocycles. The highest BCUT2D eigenvalue weighted by molar-refractivity contribution is 5.96. The number of aliphatic hydroxyl groups excluding tert-OH is 1. The molecule has 1 rings (SSSR count). The lowest BCUT2D eigenvalue weighted by Crippen LogP contribution is -2.24. The van der Waals surface area contributed by atoms with E-state index in [9.17, 15) is 9.90 Å². The number of nitrogens with two attached hydrogens (primary N) is 1. The first-order valence-corrected chi connectivity index (χ1v) is 5.52. The van der Waals surface area contributed by atoms with E-state index in [0.29, 0.717) is 11.1 Å². The number of para-hydroxylation sites is 1. The molecule has 1 atom stereocenters. The number of aliphatic hydroxyl groups is 1. The van der Waals surface area contributed by atoms with Gasteiger partial charge in [0, 0.05) is 5.56 Å². The van der Waals surface area contributed by atoms with Gasteiger partial charge in [-0.25, -0.2) is 4.79 Å². The first kappa shape index (κ1) is 13.5. The van der Waals surface area contributed by atoms with E-state index in [4.69, 9.17) is 10.5 Å². The Hall–Kier alpha value is -1.55. The maximum absolute atomic E-state index is 11.9. The van der Waals surface area contributed by atoms with E-state index in [2.05, 4.69) is 0 Å². The average Bonchev–Trinajstić information content (AvgIpc) is 2.14. The van der Waals surface area contributed by atoms with Crippen molar-refractivity contribution < 1.29 is 14.6 Å². The standard InChI is InChI=1S/C13H19NO3/c1-8(15)9-6-5-7-10(11(9)14)12(16)17-13(2,3)4/h5-8,15H,14H2,1-4H3/t8-/m1/s1. The van der Waals surface area contributed by atoms with Crippen LogP contribution in [-0.4, -0.2) is 16.7 Å². The van der Waals surface area contributed by atoms with Gasteiger partial charge < -0.3 is 15.6 Å². The van der Waals surface area contributed by atoms with Crippen LogP contribution in [0.3, 0.4) is 0 Å². The summed E-state index contributed by atoms with van der Waals surface area (Å²) >= 11 is 0. The fraction of sp³-hybridized carbons (Fsp3) is 0.462. The zero-order valence-electron chi connectivity index (χ0n) is 10.7. The van der Waals surface area contributed by atoms with Crippen molar-refractivity contribution in [1.29, 1.82) is 0 Å². The monoisotopic (exact) mass is 237 g/mol. The summed E-state index contributed by atoms with van der Waals surface area (Å²) in [5.41, 5.74) is 6.38. The fourth-order valence-electron chi connectivity index (χ4n) is 1.46. The predicted molar refractivity (Wildman–Crippen MR) is 66.7 cm³/mol. The molecule has 0 fully saturated rings. The Balaban J connectivity index is 3.07. The maximum Gasteiger partial charge on any atom is 0.340 e. The van der Waals surface area contributed by atoms with Gasteiger partial charge in [-0.05, 0) is 33.8 Å². The van der Waals surface area contributed by atoms with Crippen LogP contribution in [0.25, 0.3) is 0 Å². The molecular formula is C13H19NO3. The van der Waals surface area contributed by atoms with Gasteiger partial charge in [0.1, 0.15) is 5.60 Å². The third-order valence-corrected chi connectivity index (χ3v) is 2.21. The molecular weight excluding hydrogens is 218 g/mol. The highest BCUT2D eigenvalue weighted by Crippen LogP contribution is 2.25. The molecule has 0 heterocycles. The normalized spacial score (nSPS) is 13.2. The summed E-state index contributed by atoms with van der Waals surface area (Å²) in [6.45, 7) is 6.98. The van der Waals surface area contributed by atoms with E-state index < -0.39 is 17.7 Å². The zero-order valence-corrected chi connectivity index (χ0v) is 10.7. The number of rotatable bonds is 2. The van der Waals surface area contributed by atoms with Crippen molar-refractivity contribution in [2.45, 2.75) is 39.4 Å². The number of anilines is 1. The topological polar surface area (TPSA) is 72.5 Å².